The molecule has 2 rings (SSSR count). The molecular formula is C18H23F3N2S. The number of alkyl halides is 3. The van der Waals surface area contributed by atoms with E-state index in [-0.39, 0.29) is 5.69 Å². The molecule has 0 unspecified atom stereocenters. The van der Waals surface area contributed by atoms with Gasteiger partial charge in [-0.1, -0.05) is 32.9 Å². The molecule has 0 aliphatic heterocycles. The minimum absolute atomic E-state index is 0.0310. The third kappa shape index (κ3) is 3.91. The smallest absolute Gasteiger partial charge is 0.372 e. The van der Waals surface area contributed by atoms with E-state index in [0.29, 0.717) is 10.6 Å². The summed E-state index contributed by atoms with van der Waals surface area (Å²) in [6, 6.07) is 7.17. The Kier molecular flexibility index (Phi) is 5.28. The Balaban J connectivity index is 2.49. The van der Waals surface area contributed by atoms with Gasteiger partial charge in [-0.2, -0.15) is 13.2 Å². The monoisotopic (exact) mass is 356 g/mol. The third-order valence-corrected chi connectivity index (χ3v) is 5.32. The molecule has 0 atom stereocenters. The Morgan fingerprint density at radius 2 is 1.54 bits per heavy atom. The zero-order valence-electron chi connectivity index (χ0n) is 14.7. The van der Waals surface area contributed by atoms with E-state index in [1.165, 1.54) is 0 Å². The molecule has 1 heterocycles. The van der Waals surface area contributed by atoms with Gasteiger partial charge in [-0.3, -0.25) is 0 Å². The van der Waals surface area contributed by atoms with Crippen molar-refractivity contribution in [2.24, 2.45) is 0 Å². The van der Waals surface area contributed by atoms with Crippen LogP contribution < -0.4 is 4.90 Å². The van der Waals surface area contributed by atoms with E-state index in [1.807, 2.05) is 32.9 Å². The second kappa shape index (κ2) is 6.75. The molecule has 0 fully saturated rings. The molecule has 0 amide bonds. The van der Waals surface area contributed by atoms with Crippen molar-refractivity contribution < 1.29 is 13.2 Å². The fourth-order valence-corrected chi connectivity index (χ4v) is 3.46. The highest BCUT2D eigenvalue weighted by molar-refractivity contribution is 7.12. The zero-order chi connectivity index (χ0) is 18.1. The topological polar surface area (TPSA) is 16.1 Å². The molecule has 0 radical (unpaired) electrons. The van der Waals surface area contributed by atoms with Crippen LogP contribution in [-0.2, 0) is 11.6 Å². The fourth-order valence-electron chi connectivity index (χ4n) is 2.45. The van der Waals surface area contributed by atoms with Crippen molar-refractivity contribution in [3.05, 3.63) is 34.2 Å². The van der Waals surface area contributed by atoms with Crippen LogP contribution in [0.1, 0.15) is 44.5 Å². The van der Waals surface area contributed by atoms with Crippen LogP contribution in [0.3, 0.4) is 0 Å². The van der Waals surface area contributed by atoms with Crippen molar-refractivity contribution in [2.45, 2.75) is 46.2 Å². The van der Waals surface area contributed by atoms with Gasteiger partial charge in [0.05, 0.1) is 10.7 Å². The van der Waals surface area contributed by atoms with E-state index in [1.54, 1.807) is 12.1 Å². The summed E-state index contributed by atoms with van der Waals surface area (Å²) < 4.78 is 40.2. The number of hydrogen-bond donors (Lipinski definition) is 0. The maximum absolute atomic E-state index is 13.4. The largest absolute Gasteiger partial charge is 0.427 e. The molecule has 0 bridgehead atoms. The first-order chi connectivity index (χ1) is 11.1. The second-order valence-electron chi connectivity index (χ2n) is 6.66. The molecular weight excluding hydrogens is 333 g/mol. The molecule has 132 valence electrons. The highest BCUT2D eigenvalue weighted by Crippen LogP contribution is 2.43. The van der Waals surface area contributed by atoms with E-state index >= 15 is 0 Å². The number of halogens is 3. The summed E-state index contributed by atoms with van der Waals surface area (Å²) in [5.41, 5.74) is 1.13. The first-order valence-electron chi connectivity index (χ1n) is 8.01. The SMILES string of the molecule is CCN(CC)c1ccc(-c2nc(C(C)(C)C)sc2C(F)(F)F)cc1. The van der Waals surface area contributed by atoms with E-state index in [9.17, 15) is 13.2 Å². The van der Waals surface area contributed by atoms with Crippen molar-refractivity contribution in [3.63, 3.8) is 0 Å². The number of aromatic nitrogens is 1. The summed E-state index contributed by atoms with van der Waals surface area (Å²) in [6.07, 6.45) is -4.39. The van der Waals surface area contributed by atoms with Gasteiger partial charge in [0.2, 0.25) is 0 Å². The lowest BCUT2D eigenvalue weighted by molar-refractivity contribution is -0.134. The fraction of sp³-hybridized carbons (Fsp3) is 0.500. The lowest BCUT2D eigenvalue weighted by Crippen LogP contribution is -2.21. The molecule has 0 aliphatic carbocycles. The van der Waals surface area contributed by atoms with Crippen LogP contribution in [0.5, 0.6) is 0 Å². The number of rotatable bonds is 4. The van der Waals surface area contributed by atoms with Gasteiger partial charge in [0.25, 0.3) is 0 Å². The minimum atomic E-state index is -4.39. The zero-order valence-corrected chi connectivity index (χ0v) is 15.5. The number of hydrogen-bond acceptors (Lipinski definition) is 3. The van der Waals surface area contributed by atoms with Crippen molar-refractivity contribution in [3.8, 4) is 11.3 Å². The highest BCUT2D eigenvalue weighted by atomic mass is 32.1. The second-order valence-corrected chi connectivity index (χ2v) is 7.66. The molecule has 6 heteroatoms. The third-order valence-electron chi connectivity index (χ3n) is 3.80. The van der Waals surface area contributed by atoms with Gasteiger partial charge in [-0.15, -0.1) is 11.3 Å². The molecule has 0 spiro atoms. The average molecular weight is 356 g/mol. The number of nitrogens with zero attached hydrogens (tertiary/aromatic N) is 2. The first-order valence-corrected chi connectivity index (χ1v) is 8.83. The van der Waals surface area contributed by atoms with Crippen LogP contribution in [0.15, 0.2) is 24.3 Å². The standard InChI is InChI=1S/C18H23F3N2S/c1-6-23(7-2)13-10-8-12(9-11-13)14-15(18(19,20)21)24-16(22-14)17(3,4)5/h8-11H,6-7H2,1-5H3. The molecule has 1 aromatic carbocycles. The molecule has 0 N–H and O–H groups in total. The summed E-state index contributed by atoms with van der Waals surface area (Å²) in [7, 11) is 0. The van der Waals surface area contributed by atoms with E-state index in [2.05, 4.69) is 23.7 Å². The van der Waals surface area contributed by atoms with Gasteiger partial charge in [0.15, 0.2) is 0 Å². The molecule has 2 nitrogen and oxygen atoms in total. The van der Waals surface area contributed by atoms with Crippen LogP contribution in [-0.4, -0.2) is 18.1 Å². The summed E-state index contributed by atoms with van der Waals surface area (Å²) in [6.45, 7) is 11.4. The lowest BCUT2D eigenvalue weighted by atomic mass is 9.98. The molecule has 0 aliphatic rings. The van der Waals surface area contributed by atoms with E-state index in [0.717, 1.165) is 30.1 Å². The van der Waals surface area contributed by atoms with Crippen molar-refractivity contribution in [2.75, 3.05) is 18.0 Å². The number of thiazole rings is 1. The quantitative estimate of drug-likeness (QED) is 0.670. The summed E-state index contributed by atoms with van der Waals surface area (Å²) >= 11 is 0.741. The van der Waals surface area contributed by atoms with Crippen LogP contribution in [0.25, 0.3) is 11.3 Å². The Hall–Kier alpha value is -1.56. The highest BCUT2D eigenvalue weighted by Gasteiger charge is 2.38. The van der Waals surface area contributed by atoms with Crippen LogP contribution in [0.2, 0.25) is 0 Å². The lowest BCUT2D eigenvalue weighted by Gasteiger charge is -2.21. The molecule has 2 aromatic rings. The Bertz CT molecular complexity index is 678. The normalized spacial score (nSPS) is 12.5. The van der Waals surface area contributed by atoms with Gasteiger partial charge in [0.1, 0.15) is 4.88 Å². The number of anilines is 1. The van der Waals surface area contributed by atoms with Gasteiger partial charge >= 0.3 is 6.18 Å². The van der Waals surface area contributed by atoms with E-state index in [4.69, 9.17) is 0 Å². The van der Waals surface area contributed by atoms with Crippen molar-refractivity contribution in [1.29, 1.82) is 0 Å². The Labute approximate surface area is 145 Å². The number of benzene rings is 1. The van der Waals surface area contributed by atoms with Crippen LogP contribution in [0.4, 0.5) is 18.9 Å². The first kappa shape index (κ1) is 18.8. The molecule has 24 heavy (non-hydrogen) atoms. The summed E-state index contributed by atoms with van der Waals surface area (Å²) in [5, 5.41) is 0.498. The van der Waals surface area contributed by atoms with Crippen LogP contribution in [0, 0.1) is 0 Å². The van der Waals surface area contributed by atoms with Gasteiger partial charge < -0.3 is 4.90 Å². The molecule has 0 saturated carbocycles. The average Bonchev–Trinajstić information content (AvgIpc) is 2.95. The van der Waals surface area contributed by atoms with Gasteiger partial charge in [-0.25, -0.2) is 4.98 Å². The van der Waals surface area contributed by atoms with Crippen molar-refractivity contribution in [1.82, 2.24) is 4.98 Å². The Morgan fingerprint density at radius 3 is 1.96 bits per heavy atom. The molecule has 1 aromatic heterocycles. The van der Waals surface area contributed by atoms with Gasteiger partial charge in [-0.05, 0) is 26.0 Å². The predicted octanol–water partition coefficient (Wildman–Crippen LogP) is 5.97. The summed E-state index contributed by atoms with van der Waals surface area (Å²) in [4.78, 5) is 5.84. The van der Waals surface area contributed by atoms with Gasteiger partial charge in [0, 0.05) is 29.8 Å². The maximum atomic E-state index is 13.4. The van der Waals surface area contributed by atoms with Crippen LogP contribution >= 0.6 is 11.3 Å². The summed E-state index contributed by atoms with van der Waals surface area (Å²) in [5.74, 6) is 0. The van der Waals surface area contributed by atoms with Crippen molar-refractivity contribution >= 4 is 17.0 Å². The van der Waals surface area contributed by atoms with E-state index < -0.39 is 16.5 Å². The minimum Gasteiger partial charge on any atom is -0.372 e. The Morgan fingerprint density at radius 1 is 1.00 bits per heavy atom. The predicted molar refractivity (Wildman–Crippen MR) is 94.8 cm³/mol. The maximum Gasteiger partial charge on any atom is 0.427 e. The molecule has 0 saturated heterocycles.